The van der Waals surface area contributed by atoms with Gasteiger partial charge in [0.2, 0.25) is 0 Å². The number of hydrogen-bond donors (Lipinski definition) is 3. The molecule has 0 saturated heterocycles. The van der Waals surface area contributed by atoms with Gasteiger partial charge in [0, 0.05) is 41.1 Å². The first-order chi connectivity index (χ1) is 23.1. The van der Waals surface area contributed by atoms with E-state index >= 15 is 0 Å². The zero-order valence-corrected chi connectivity index (χ0v) is 27.4. The number of aliphatic carboxylic acids is 1. The standard InChI is InChI=1S/C41H41N3O2S/c45-40(46)41(38-12-7-23-42-38,25-30-8-3-1-4-9-30)26-39-44-37(28-47-39)35-21-19-34(20-22-35)36-24-31(27-43-36)14-13-29-15-17-33(18-16-29)32-10-5-2-6-11-32/h1,3-4,7-9,12,15-24,27-28,32,42-43H,2,5-6,10-11,13-14,25-26H2,(H,45,46). The average molecular weight is 640 g/mol. The molecule has 238 valence electrons. The molecule has 47 heavy (non-hydrogen) atoms. The largest absolute Gasteiger partial charge is 0.481 e. The molecule has 6 heteroatoms. The van der Waals surface area contributed by atoms with E-state index in [1.165, 1.54) is 60.1 Å². The number of hydrogen-bond acceptors (Lipinski definition) is 3. The Morgan fingerprint density at radius 3 is 2.26 bits per heavy atom. The minimum atomic E-state index is -1.15. The second kappa shape index (κ2) is 14.0. The molecule has 1 unspecified atom stereocenters. The van der Waals surface area contributed by atoms with Gasteiger partial charge in [0.15, 0.2) is 0 Å². The highest BCUT2D eigenvalue weighted by molar-refractivity contribution is 7.10. The summed E-state index contributed by atoms with van der Waals surface area (Å²) in [6, 6.07) is 33.6. The summed E-state index contributed by atoms with van der Waals surface area (Å²) in [5, 5.41) is 13.4. The second-order valence-corrected chi connectivity index (χ2v) is 14.0. The molecular formula is C41H41N3O2S. The highest BCUT2D eigenvalue weighted by Gasteiger charge is 2.42. The number of aromatic amines is 2. The molecule has 3 aromatic carbocycles. The van der Waals surface area contributed by atoms with Gasteiger partial charge in [0.1, 0.15) is 5.41 Å². The maximum atomic E-state index is 12.9. The van der Waals surface area contributed by atoms with Crippen molar-refractivity contribution in [3.63, 3.8) is 0 Å². The molecular weight excluding hydrogens is 599 g/mol. The molecule has 3 aromatic heterocycles. The van der Waals surface area contributed by atoms with Crippen molar-refractivity contribution in [2.24, 2.45) is 0 Å². The third kappa shape index (κ3) is 7.03. The molecule has 0 bridgehead atoms. The summed E-state index contributed by atoms with van der Waals surface area (Å²) in [6.07, 6.45) is 13.4. The van der Waals surface area contributed by atoms with E-state index in [2.05, 4.69) is 70.8 Å². The van der Waals surface area contributed by atoms with Gasteiger partial charge in [0.05, 0.1) is 10.7 Å². The Morgan fingerprint density at radius 1 is 0.787 bits per heavy atom. The summed E-state index contributed by atoms with van der Waals surface area (Å²) in [5.41, 5.74) is 8.86. The molecule has 0 aliphatic heterocycles. The van der Waals surface area contributed by atoms with Crippen LogP contribution in [0, 0.1) is 0 Å². The Hall–Kier alpha value is -4.68. The van der Waals surface area contributed by atoms with Crippen molar-refractivity contribution in [2.45, 2.75) is 69.1 Å². The molecule has 3 heterocycles. The third-order valence-corrected chi connectivity index (χ3v) is 10.7. The van der Waals surface area contributed by atoms with Crippen molar-refractivity contribution in [1.29, 1.82) is 0 Å². The number of carboxylic acids is 1. The summed E-state index contributed by atoms with van der Waals surface area (Å²) in [7, 11) is 0. The number of rotatable bonds is 12. The molecule has 1 saturated carbocycles. The van der Waals surface area contributed by atoms with Gasteiger partial charge in [-0.05, 0) is 84.0 Å². The van der Waals surface area contributed by atoms with Crippen molar-refractivity contribution in [2.75, 3.05) is 0 Å². The second-order valence-electron chi connectivity index (χ2n) is 13.0. The monoisotopic (exact) mass is 639 g/mol. The first-order valence-corrected chi connectivity index (χ1v) is 17.7. The van der Waals surface area contributed by atoms with Gasteiger partial charge < -0.3 is 15.1 Å². The number of aromatic nitrogens is 3. The lowest BCUT2D eigenvalue weighted by molar-refractivity contribution is -0.144. The van der Waals surface area contributed by atoms with Crippen LogP contribution in [0.2, 0.25) is 0 Å². The quantitative estimate of drug-likeness (QED) is 0.125. The summed E-state index contributed by atoms with van der Waals surface area (Å²) >= 11 is 1.52. The molecule has 0 spiro atoms. The fourth-order valence-corrected chi connectivity index (χ4v) is 8.04. The van der Waals surface area contributed by atoms with E-state index in [0.29, 0.717) is 18.5 Å². The van der Waals surface area contributed by atoms with Gasteiger partial charge in [-0.25, -0.2) is 4.98 Å². The third-order valence-electron chi connectivity index (χ3n) is 9.87. The average Bonchev–Trinajstić information content (AvgIpc) is 3.92. The number of carboxylic acid groups (broad SMARTS) is 1. The number of H-pyrrole nitrogens is 2. The van der Waals surface area contributed by atoms with Crippen molar-refractivity contribution in [3.05, 3.63) is 148 Å². The molecule has 5 nitrogen and oxygen atoms in total. The van der Waals surface area contributed by atoms with E-state index in [0.717, 1.165) is 51.8 Å². The number of carbonyl (C=O) groups is 1. The van der Waals surface area contributed by atoms with E-state index in [1.807, 2.05) is 47.8 Å². The van der Waals surface area contributed by atoms with E-state index in [-0.39, 0.29) is 0 Å². The lowest BCUT2D eigenvalue weighted by atomic mass is 9.76. The predicted molar refractivity (Wildman–Crippen MR) is 191 cm³/mol. The summed E-state index contributed by atoms with van der Waals surface area (Å²) in [5.74, 6) is -0.104. The van der Waals surface area contributed by atoms with Crippen LogP contribution in [-0.4, -0.2) is 26.0 Å². The van der Waals surface area contributed by atoms with Crippen LogP contribution < -0.4 is 0 Å². The molecule has 0 radical (unpaired) electrons. The molecule has 1 aliphatic rings. The zero-order chi connectivity index (χ0) is 32.1. The Bertz CT molecular complexity index is 1880. The number of nitrogens with one attached hydrogen (secondary N) is 2. The normalized spacial score (nSPS) is 15.0. The smallest absolute Gasteiger partial charge is 0.316 e. The van der Waals surface area contributed by atoms with Crippen LogP contribution in [-0.2, 0) is 35.9 Å². The first-order valence-electron chi connectivity index (χ1n) is 16.8. The van der Waals surface area contributed by atoms with Gasteiger partial charge in [-0.3, -0.25) is 4.79 Å². The minimum absolute atomic E-state index is 0.302. The fraction of sp³-hybridized carbons (Fsp3) is 0.268. The van der Waals surface area contributed by atoms with Crippen LogP contribution in [0.5, 0.6) is 0 Å². The molecule has 1 aliphatic carbocycles. The summed E-state index contributed by atoms with van der Waals surface area (Å²) in [4.78, 5) is 24.5. The van der Waals surface area contributed by atoms with E-state index in [9.17, 15) is 9.90 Å². The van der Waals surface area contributed by atoms with E-state index < -0.39 is 11.4 Å². The molecule has 1 atom stereocenters. The maximum absolute atomic E-state index is 12.9. The van der Waals surface area contributed by atoms with Crippen molar-refractivity contribution >= 4 is 17.3 Å². The highest BCUT2D eigenvalue weighted by atomic mass is 32.1. The van der Waals surface area contributed by atoms with Crippen LogP contribution in [0.4, 0.5) is 0 Å². The Morgan fingerprint density at radius 2 is 1.53 bits per heavy atom. The van der Waals surface area contributed by atoms with Crippen LogP contribution in [0.25, 0.3) is 22.5 Å². The van der Waals surface area contributed by atoms with Gasteiger partial charge in [-0.2, -0.15) is 0 Å². The number of aryl methyl sites for hydroxylation is 2. The predicted octanol–water partition coefficient (Wildman–Crippen LogP) is 9.77. The van der Waals surface area contributed by atoms with Crippen LogP contribution >= 0.6 is 11.3 Å². The molecule has 7 rings (SSSR count). The molecule has 6 aromatic rings. The molecule has 3 N–H and O–H groups in total. The maximum Gasteiger partial charge on any atom is 0.316 e. The summed E-state index contributed by atoms with van der Waals surface area (Å²) < 4.78 is 0. The summed E-state index contributed by atoms with van der Waals surface area (Å²) in [6.45, 7) is 0. The van der Waals surface area contributed by atoms with Gasteiger partial charge in [0.25, 0.3) is 0 Å². The van der Waals surface area contributed by atoms with Crippen molar-refractivity contribution in [3.8, 4) is 22.5 Å². The van der Waals surface area contributed by atoms with Gasteiger partial charge in [-0.15, -0.1) is 11.3 Å². The minimum Gasteiger partial charge on any atom is -0.481 e. The first kappa shape index (κ1) is 30.9. The highest BCUT2D eigenvalue weighted by Crippen LogP contribution is 2.35. The van der Waals surface area contributed by atoms with Crippen molar-refractivity contribution in [1.82, 2.24) is 15.0 Å². The van der Waals surface area contributed by atoms with Crippen LogP contribution in [0.15, 0.2) is 115 Å². The SMILES string of the molecule is O=C(O)C(Cc1ccccc1)(Cc1nc(-c2ccc(-c3cc(CCc4ccc(C5CCCCC5)cc4)c[nH]3)cc2)cs1)c1ccc[nH]1. The van der Waals surface area contributed by atoms with E-state index in [4.69, 9.17) is 4.98 Å². The number of nitrogens with zero attached hydrogens (tertiary/aromatic N) is 1. The van der Waals surface area contributed by atoms with Crippen LogP contribution in [0.3, 0.4) is 0 Å². The Balaban J connectivity index is 1.01. The van der Waals surface area contributed by atoms with Gasteiger partial charge in [-0.1, -0.05) is 98.1 Å². The fourth-order valence-electron chi connectivity index (χ4n) is 7.13. The number of thiazole rings is 1. The molecule has 0 amide bonds. The topological polar surface area (TPSA) is 81.8 Å². The van der Waals surface area contributed by atoms with E-state index in [1.54, 1.807) is 6.20 Å². The van der Waals surface area contributed by atoms with Crippen molar-refractivity contribution < 1.29 is 9.90 Å². The molecule has 1 fully saturated rings. The van der Waals surface area contributed by atoms with Crippen LogP contribution in [0.1, 0.15) is 71.0 Å². The lowest BCUT2D eigenvalue weighted by Gasteiger charge is -2.28. The Labute approximate surface area is 280 Å². The van der Waals surface area contributed by atoms with Gasteiger partial charge >= 0.3 is 5.97 Å². The lowest BCUT2D eigenvalue weighted by Crippen LogP contribution is -2.40. The number of benzene rings is 3. The zero-order valence-electron chi connectivity index (χ0n) is 26.6. The Kier molecular flexibility index (Phi) is 9.20.